The van der Waals surface area contributed by atoms with Gasteiger partial charge in [0.1, 0.15) is 0 Å². The van der Waals surface area contributed by atoms with Crippen LogP contribution in [-0.2, 0) is 0 Å². The standard InChI is InChI=1S/2C14H8Cl2O2/c15-11-5-1-9(2-6-11)13(17)14(18)10-3-7-12(16)8-4-10;15-11-7-3-1-5-9(11)13(17)14(18)10-6-2-4-8-12(10)16/h2*1-8H. The van der Waals surface area contributed by atoms with Crippen molar-refractivity contribution in [2.75, 3.05) is 0 Å². The number of hydrogen-bond donors (Lipinski definition) is 0. The van der Waals surface area contributed by atoms with Crippen molar-refractivity contribution in [2.24, 2.45) is 0 Å². The molecular formula is C28H16Cl4O4. The molecule has 0 unspecified atom stereocenters. The average molecular weight is 558 g/mol. The van der Waals surface area contributed by atoms with Gasteiger partial charge in [0.15, 0.2) is 0 Å². The molecule has 180 valence electrons. The Bertz CT molecular complexity index is 1320. The molecule has 0 spiro atoms. The summed E-state index contributed by atoms with van der Waals surface area (Å²) in [5.41, 5.74) is 1.01. The van der Waals surface area contributed by atoms with Crippen molar-refractivity contribution in [3.8, 4) is 0 Å². The molecule has 4 aromatic rings. The number of hydrogen-bond acceptors (Lipinski definition) is 4. The minimum atomic E-state index is -0.659. The minimum Gasteiger partial charge on any atom is -0.285 e. The molecule has 0 atom stereocenters. The van der Waals surface area contributed by atoms with Crippen LogP contribution in [0.25, 0.3) is 0 Å². The van der Waals surface area contributed by atoms with E-state index in [4.69, 9.17) is 46.4 Å². The lowest BCUT2D eigenvalue weighted by atomic mass is 10.0. The molecule has 0 amide bonds. The van der Waals surface area contributed by atoms with Crippen LogP contribution in [0.3, 0.4) is 0 Å². The van der Waals surface area contributed by atoms with Gasteiger partial charge in [0.05, 0.1) is 10.0 Å². The van der Waals surface area contributed by atoms with Crippen LogP contribution in [0.15, 0.2) is 97.1 Å². The SMILES string of the molecule is O=C(C(=O)c1ccc(Cl)cc1)c1ccc(Cl)cc1.O=C(C(=O)c1ccccc1Cl)c1ccccc1Cl. The predicted molar refractivity (Wildman–Crippen MR) is 143 cm³/mol. The zero-order valence-corrected chi connectivity index (χ0v) is 21.4. The summed E-state index contributed by atoms with van der Waals surface area (Å²) in [6.07, 6.45) is 0. The highest BCUT2D eigenvalue weighted by molar-refractivity contribution is 6.54. The summed E-state index contributed by atoms with van der Waals surface area (Å²) in [5, 5.41) is 1.54. The van der Waals surface area contributed by atoms with Gasteiger partial charge in [-0.05, 0) is 72.8 Å². The zero-order valence-electron chi connectivity index (χ0n) is 18.4. The second kappa shape index (κ2) is 12.6. The molecule has 0 aliphatic carbocycles. The molecule has 0 aliphatic rings. The molecule has 4 aromatic carbocycles. The summed E-state index contributed by atoms with van der Waals surface area (Å²) in [6, 6.07) is 25.2. The third kappa shape index (κ3) is 6.90. The summed E-state index contributed by atoms with van der Waals surface area (Å²) in [6.45, 7) is 0. The van der Waals surface area contributed by atoms with Crippen molar-refractivity contribution in [3.63, 3.8) is 0 Å². The Labute approximate surface area is 227 Å². The van der Waals surface area contributed by atoms with Crippen molar-refractivity contribution in [3.05, 3.63) is 139 Å². The normalized spacial score (nSPS) is 10.1. The molecule has 0 radical (unpaired) electrons. The van der Waals surface area contributed by atoms with Crippen LogP contribution in [0.1, 0.15) is 41.4 Å². The van der Waals surface area contributed by atoms with E-state index in [1.165, 1.54) is 36.4 Å². The second-order valence-electron chi connectivity index (χ2n) is 7.29. The van der Waals surface area contributed by atoms with Gasteiger partial charge in [-0.1, -0.05) is 70.7 Å². The van der Waals surface area contributed by atoms with Crippen LogP contribution in [0.5, 0.6) is 0 Å². The largest absolute Gasteiger partial charge is 0.285 e. The molecule has 0 aromatic heterocycles. The number of carbonyl (C=O) groups excluding carboxylic acids is 4. The monoisotopic (exact) mass is 556 g/mol. The smallest absolute Gasteiger partial charge is 0.235 e. The number of benzene rings is 4. The highest BCUT2D eigenvalue weighted by atomic mass is 35.5. The van der Waals surface area contributed by atoms with Gasteiger partial charge in [0.25, 0.3) is 0 Å². The van der Waals surface area contributed by atoms with Gasteiger partial charge in [-0.3, -0.25) is 19.2 Å². The van der Waals surface area contributed by atoms with Crippen molar-refractivity contribution in [1.82, 2.24) is 0 Å². The summed E-state index contributed by atoms with van der Waals surface area (Å²) in [7, 11) is 0. The highest BCUT2D eigenvalue weighted by Gasteiger charge is 2.22. The Morgan fingerprint density at radius 1 is 0.389 bits per heavy atom. The Balaban J connectivity index is 0.000000201. The molecule has 0 saturated heterocycles. The van der Waals surface area contributed by atoms with Crippen molar-refractivity contribution in [1.29, 1.82) is 0 Å². The fraction of sp³-hybridized carbons (Fsp3) is 0. The quantitative estimate of drug-likeness (QED) is 0.177. The van der Waals surface area contributed by atoms with Gasteiger partial charge in [-0.2, -0.15) is 0 Å². The Morgan fingerprint density at radius 2 is 0.694 bits per heavy atom. The van der Waals surface area contributed by atoms with Crippen LogP contribution >= 0.6 is 46.4 Å². The van der Waals surface area contributed by atoms with E-state index in [2.05, 4.69) is 0 Å². The average Bonchev–Trinajstić information content (AvgIpc) is 2.89. The maximum absolute atomic E-state index is 12.0. The van der Waals surface area contributed by atoms with E-state index in [9.17, 15) is 19.2 Å². The van der Waals surface area contributed by atoms with Crippen molar-refractivity contribution < 1.29 is 19.2 Å². The van der Waals surface area contributed by atoms with Gasteiger partial charge in [-0.15, -0.1) is 0 Å². The summed E-state index contributed by atoms with van der Waals surface area (Å²) < 4.78 is 0. The molecule has 0 aliphatic heterocycles. The third-order valence-electron chi connectivity index (χ3n) is 4.86. The molecule has 4 rings (SSSR count). The fourth-order valence-corrected chi connectivity index (χ4v) is 3.70. The first kappa shape index (κ1) is 27.3. The predicted octanol–water partition coefficient (Wildman–Crippen LogP) is 8.12. The van der Waals surface area contributed by atoms with E-state index in [1.54, 1.807) is 60.7 Å². The van der Waals surface area contributed by atoms with Gasteiger partial charge in [-0.25, -0.2) is 0 Å². The van der Waals surface area contributed by atoms with E-state index in [1.807, 2.05) is 0 Å². The Hall–Kier alpha value is -3.28. The highest BCUT2D eigenvalue weighted by Crippen LogP contribution is 2.21. The number of carbonyl (C=O) groups is 4. The molecule has 0 N–H and O–H groups in total. The van der Waals surface area contributed by atoms with E-state index in [-0.39, 0.29) is 21.2 Å². The second-order valence-corrected chi connectivity index (χ2v) is 8.98. The van der Waals surface area contributed by atoms with Crippen molar-refractivity contribution in [2.45, 2.75) is 0 Å². The molecule has 0 saturated carbocycles. The van der Waals surface area contributed by atoms with Gasteiger partial charge < -0.3 is 0 Å². The molecule has 0 fully saturated rings. The maximum Gasteiger partial charge on any atom is 0.235 e. The minimum absolute atomic E-state index is 0.184. The molecule has 4 nitrogen and oxygen atoms in total. The van der Waals surface area contributed by atoms with Gasteiger partial charge in [0, 0.05) is 32.3 Å². The third-order valence-corrected chi connectivity index (χ3v) is 6.03. The van der Waals surface area contributed by atoms with E-state index < -0.39 is 23.1 Å². The lowest BCUT2D eigenvalue weighted by Crippen LogP contribution is -2.15. The number of ketones is 4. The number of halogens is 4. The Kier molecular flexibility index (Phi) is 9.57. The lowest BCUT2D eigenvalue weighted by Gasteiger charge is -2.04. The first-order valence-electron chi connectivity index (χ1n) is 10.4. The molecule has 0 heterocycles. The first-order chi connectivity index (χ1) is 17.2. The molecule has 8 heteroatoms. The maximum atomic E-state index is 12.0. The number of Topliss-reactive ketones (excluding diaryl/α,β-unsaturated/α-hetero) is 4. The van der Waals surface area contributed by atoms with Crippen LogP contribution in [0, 0.1) is 0 Å². The first-order valence-corrected chi connectivity index (χ1v) is 11.9. The van der Waals surface area contributed by atoms with Gasteiger partial charge >= 0.3 is 0 Å². The van der Waals surface area contributed by atoms with E-state index in [0.29, 0.717) is 21.2 Å². The van der Waals surface area contributed by atoms with Crippen molar-refractivity contribution >= 4 is 69.5 Å². The number of rotatable bonds is 6. The molecule has 0 bridgehead atoms. The van der Waals surface area contributed by atoms with Crippen LogP contribution in [0.2, 0.25) is 20.1 Å². The Morgan fingerprint density at radius 3 is 1.00 bits per heavy atom. The summed E-state index contributed by atoms with van der Waals surface area (Å²) >= 11 is 23.2. The van der Waals surface area contributed by atoms with E-state index >= 15 is 0 Å². The van der Waals surface area contributed by atoms with E-state index in [0.717, 1.165) is 0 Å². The van der Waals surface area contributed by atoms with Crippen LogP contribution < -0.4 is 0 Å². The summed E-state index contributed by atoms with van der Waals surface area (Å²) in [4.78, 5) is 47.9. The van der Waals surface area contributed by atoms with Crippen LogP contribution in [0.4, 0.5) is 0 Å². The topological polar surface area (TPSA) is 68.3 Å². The van der Waals surface area contributed by atoms with Gasteiger partial charge in [0.2, 0.25) is 23.1 Å². The molecule has 36 heavy (non-hydrogen) atoms. The lowest BCUT2D eigenvalue weighted by molar-refractivity contribution is 0.0817. The van der Waals surface area contributed by atoms with Crippen LogP contribution in [-0.4, -0.2) is 23.1 Å². The fourth-order valence-electron chi connectivity index (χ4n) is 3.00. The summed E-state index contributed by atoms with van der Waals surface area (Å²) in [5.74, 6) is -2.44. The molecular weight excluding hydrogens is 542 g/mol. The zero-order chi connectivity index (χ0) is 26.2.